The number of carbonyl (C=O) groups excluding carboxylic acids is 1. The first kappa shape index (κ1) is 20.7. The van der Waals surface area contributed by atoms with E-state index in [4.69, 9.17) is 14.7 Å². The molecule has 1 amide bonds. The van der Waals surface area contributed by atoms with Crippen LogP contribution >= 0.6 is 0 Å². The predicted octanol–water partition coefficient (Wildman–Crippen LogP) is 2.47. The summed E-state index contributed by atoms with van der Waals surface area (Å²) in [5, 5.41) is 8.98. The number of pyridine rings is 1. The summed E-state index contributed by atoms with van der Waals surface area (Å²) in [6.07, 6.45) is 4.43. The van der Waals surface area contributed by atoms with E-state index in [1.165, 1.54) is 0 Å². The number of nitriles is 1. The highest BCUT2D eigenvalue weighted by molar-refractivity contribution is 6.00. The van der Waals surface area contributed by atoms with Gasteiger partial charge in [-0.25, -0.2) is 4.98 Å². The Hall–Kier alpha value is -3.57. The molecule has 8 heteroatoms. The minimum Gasteiger partial charge on any atom is -0.496 e. The molecule has 0 saturated heterocycles. The van der Waals surface area contributed by atoms with Crippen LogP contribution in [0.15, 0.2) is 36.7 Å². The lowest BCUT2D eigenvalue weighted by molar-refractivity contribution is 0.0757. The van der Waals surface area contributed by atoms with E-state index >= 15 is 0 Å². The molecule has 0 spiro atoms. The maximum Gasteiger partial charge on any atom is 0.258 e. The van der Waals surface area contributed by atoms with Crippen molar-refractivity contribution in [3.8, 4) is 28.8 Å². The number of nitrogens with zero attached hydrogens (tertiary/aromatic N) is 5. The van der Waals surface area contributed by atoms with Gasteiger partial charge in [0.05, 0.1) is 30.6 Å². The first-order valence-corrected chi connectivity index (χ1v) is 10.1. The summed E-state index contributed by atoms with van der Waals surface area (Å²) < 4.78 is 13.4. The van der Waals surface area contributed by atoms with Crippen LogP contribution in [0.5, 0.6) is 11.5 Å². The van der Waals surface area contributed by atoms with Gasteiger partial charge in [-0.2, -0.15) is 5.26 Å². The number of likely N-dealkylation sites (N-methyl/N-ethyl adjacent to an activating group) is 1. The van der Waals surface area contributed by atoms with Crippen LogP contribution in [0, 0.1) is 11.3 Å². The number of rotatable bonds is 7. The van der Waals surface area contributed by atoms with E-state index in [1.54, 1.807) is 12.0 Å². The van der Waals surface area contributed by atoms with Crippen molar-refractivity contribution in [1.29, 1.82) is 5.26 Å². The van der Waals surface area contributed by atoms with Crippen LogP contribution in [0.2, 0.25) is 0 Å². The molecular formula is C23H25N5O3. The largest absolute Gasteiger partial charge is 0.496 e. The van der Waals surface area contributed by atoms with E-state index in [0.29, 0.717) is 30.9 Å². The summed E-state index contributed by atoms with van der Waals surface area (Å²) >= 11 is 0. The van der Waals surface area contributed by atoms with Gasteiger partial charge in [0.15, 0.2) is 0 Å². The number of hydrogen-bond acceptors (Lipinski definition) is 6. The Morgan fingerprint density at radius 1 is 1.29 bits per heavy atom. The molecule has 0 fully saturated rings. The Balaban J connectivity index is 1.67. The monoisotopic (exact) mass is 419 g/mol. The van der Waals surface area contributed by atoms with Crippen LogP contribution in [0.1, 0.15) is 15.9 Å². The van der Waals surface area contributed by atoms with Gasteiger partial charge in [0, 0.05) is 30.9 Å². The van der Waals surface area contributed by atoms with E-state index in [9.17, 15) is 4.79 Å². The van der Waals surface area contributed by atoms with E-state index in [-0.39, 0.29) is 12.5 Å². The third-order valence-corrected chi connectivity index (χ3v) is 5.41. The molecule has 0 N–H and O–H groups in total. The lowest BCUT2D eigenvalue weighted by atomic mass is 9.94. The molecule has 8 nitrogen and oxygen atoms in total. The van der Waals surface area contributed by atoms with E-state index in [0.717, 1.165) is 34.8 Å². The topological polar surface area (TPSA) is 83.1 Å². The molecular weight excluding hydrogens is 394 g/mol. The van der Waals surface area contributed by atoms with Gasteiger partial charge in [0.2, 0.25) is 0 Å². The number of amides is 1. The fourth-order valence-electron chi connectivity index (χ4n) is 3.78. The number of fused-ring (bicyclic) bond motifs is 2. The van der Waals surface area contributed by atoms with Crippen molar-refractivity contribution in [3.05, 3.63) is 47.8 Å². The number of methoxy groups -OCH3 is 1. The molecule has 31 heavy (non-hydrogen) atoms. The second-order valence-electron chi connectivity index (χ2n) is 7.73. The SMILES string of the molecule is COc1cc(-c2cnc3cc(OCCN(C)C)ccn23)cc2c1C(=O)N(CC#N)CC2. The molecule has 4 rings (SSSR count). The minimum atomic E-state index is -0.163. The van der Waals surface area contributed by atoms with Gasteiger partial charge in [0.1, 0.15) is 30.3 Å². The van der Waals surface area contributed by atoms with Gasteiger partial charge < -0.3 is 19.3 Å². The quantitative estimate of drug-likeness (QED) is 0.547. The van der Waals surface area contributed by atoms with Crippen LogP contribution in [0.25, 0.3) is 16.9 Å². The Kier molecular flexibility index (Phi) is 5.78. The van der Waals surface area contributed by atoms with E-state index in [1.807, 2.05) is 55.2 Å². The first-order chi connectivity index (χ1) is 15.0. The van der Waals surface area contributed by atoms with Gasteiger partial charge in [0.25, 0.3) is 5.91 Å². The maximum atomic E-state index is 12.8. The molecule has 0 unspecified atom stereocenters. The van der Waals surface area contributed by atoms with Crippen molar-refractivity contribution in [2.45, 2.75) is 6.42 Å². The van der Waals surface area contributed by atoms with Crippen LogP contribution in [0.3, 0.4) is 0 Å². The third-order valence-electron chi connectivity index (χ3n) is 5.41. The van der Waals surface area contributed by atoms with Crippen molar-refractivity contribution in [2.75, 3.05) is 47.4 Å². The molecule has 1 aliphatic heterocycles. The molecule has 1 aromatic carbocycles. The van der Waals surface area contributed by atoms with Gasteiger partial charge in [-0.05, 0) is 44.3 Å². The Labute approximate surface area is 181 Å². The highest BCUT2D eigenvalue weighted by atomic mass is 16.5. The van der Waals surface area contributed by atoms with Crippen molar-refractivity contribution in [3.63, 3.8) is 0 Å². The zero-order valence-electron chi connectivity index (χ0n) is 18.0. The zero-order valence-corrected chi connectivity index (χ0v) is 18.0. The van der Waals surface area contributed by atoms with E-state index in [2.05, 4.69) is 16.0 Å². The standard InChI is InChI=1S/C23H25N5O3/c1-26(2)10-11-31-18-5-8-28-19(15-25-21(28)14-18)17-12-16-4-7-27(9-6-24)23(29)22(16)20(13-17)30-3/h5,8,12-15H,4,7,9-11H2,1-3H3. The van der Waals surface area contributed by atoms with Gasteiger partial charge in [-0.3, -0.25) is 9.20 Å². The maximum absolute atomic E-state index is 12.8. The summed E-state index contributed by atoms with van der Waals surface area (Å²) in [5.41, 5.74) is 4.07. The second-order valence-corrected chi connectivity index (χ2v) is 7.73. The molecule has 0 radical (unpaired) electrons. The van der Waals surface area contributed by atoms with Gasteiger partial charge in [-0.15, -0.1) is 0 Å². The van der Waals surface area contributed by atoms with Crippen molar-refractivity contribution < 1.29 is 14.3 Å². The lowest BCUT2D eigenvalue weighted by Gasteiger charge is -2.28. The number of carbonyl (C=O) groups is 1. The average Bonchev–Trinajstić information content (AvgIpc) is 3.18. The summed E-state index contributed by atoms with van der Waals surface area (Å²) in [5.74, 6) is 1.13. The van der Waals surface area contributed by atoms with Crippen LogP contribution in [-0.4, -0.2) is 72.5 Å². The zero-order chi connectivity index (χ0) is 22.0. The molecule has 0 bridgehead atoms. The fourth-order valence-corrected chi connectivity index (χ4v) is 3.78. The van der Waals surface area contributed by atoms with Gasteiger partial charge >= 0.3 is 0 Å². The van der Waals surface area contributed by atoms with E-state index < -0.39 is 0 Å². The molecule has 3 aromatic rings. The molecule has 160 valence electrons. The lowest BCUT2D eigenvalue weighted by Crippen LogP contribution is -2.38. The second kappa shape index (κ2) is 8.66. The molecule has 1 aliphatic rings. The Bertz CT molecular complexity index is 1140. The van der Waals surface area contributed by atoms with Crippen molar-refractivity contribution in [1.82, 2.24) is 19.2 Å². The van der Waals surface area contributed by atoms with Crippen molar-refractivity contribution in [2.24, 2.45) is 0 Å². The summed E-state index contributed by atoms with van der Waals surface area (Å²) in [7, 11) is 5.57. The highest BCUT2D eigenvalue weighted by Crippen LogP contribution is 2.34. The molecule has 0 saturated carbocycles. The molecule has 0 atom stereocenters. The number of hydrogen-bond donors (Lipinski definition) is 0. The first-order valence-electron chi connectivity index (χ1n) is 10.1. The summed E-state index contributed by atoms with van der Waals surface area (Å²) in [6, 6.07) is 9.77. The fraction of sp³-hybridized carbons (Fsp3) is 0.348. The van der Waals surface area contributed by atoms with Crippen LogP contribution < -0.4 is 9.47 Å². The number of aromatic nitrogens is 2. The predicted molar refractivity (Wildman–Crippen MR) is 116 cm³/mol. The van der Waals surface area contributed by atoms with Crippen molar-refractivity contribution >= 4 is 11.6 Å². The average molecular weight is 419 g/mol. The summed E-state index contributed by atoms with van der Waals surface area (Å²) in [4.78, 5) is 21.0. The highest BCUT2D eigenvalue weighted by Gasteiger charge is 2.28. The van der Waals surface area contributed by atoms with Crippen LogP contribution in [0.4, 0.5) is 0 Å². The Morgan fingerprint density at radius 3 is 2.87 bits per heavy atom. The third kappa shape index (κ3) is 4.05. The molecule has 3 heterocycles. The normalized spacial score (nSPS) is 13.4. The Morgan fingerprint density at radius 2 is 2.13 bits per heavy atom. The van der Waals surface area contributed by atoms with Crippen LogP contribution in [-0.2, 0) is 6.42 Å². The number of imidazole rings is 1. The molecule has 2 aromatic heterocycles. The molecule has 0 aliphatic carbocycles. The minimum absolute atomic E-state index is 0.0788. The van der Waals surface area contributed by atoms with Gasteiger partial charge in [-0.1, -0.05) is 0 Å². The number of ether oxygens (including phenoxy) is 2. The summed E-state index contributed by atoms with van der Waals surface area (Å²) in [6.45, 7) is 2.04. The number of benzene rings is 1. The smallest absolute Gasteiger partial charge is 0.258 e.